The number of hydrogen-bond donors (Lipinski definition) is 4. The van der Waals surface area contributed by atoms with Crippen molar-refractivity contribution in [3.05, 3.63) is 71.1 Å². The van der Waals surface area contributed by atoms with Gasteiger partial charge >= 0.3 is 0 Å². The molecule has 3 rings (SSSR count). The van der Waals surface area contributed by atoms with Crippen LogP contribution in [0.5, 0.6) is 0 Å². The fourth-order valence-electron chi connectivity index (χ4n) is 2.86. The summed E-state index contributed by atoms with van der Waals surface area (Å²) in [6, 6.07) is 19.9. The second kappa shape index (κ2) is 12.5. The van der Waals surface area contributed by atoms with Gasteiger partial charge in [-0.25, -0.2) is 0 Å². The molecular weight excluding hydrogens is 511 g/mol. The zero-order chi connectivity index (χ0) is 20.5. The van der Waals surface area contributed by atoms with Crippen molar-refractivity contribution in [1.82, 2.24) is 16.0 Å². The molecule has 0 aliphatic heterocycles. The molecule has 0 fully saturated rings. The quantitative estimate of drug-likeness (QED) is 0.201. The maximum Gasteiger partial charge on any atom is 0.222 e. The van der Waals surface area contributed by atoms with Gasteiger partial charge in [-0.3, -0.25) is 9.79 Å². The van der Waals surface area contributed by atoms with E-state index >= 15 is 0 Å². The average Bonchev–Trinajstić information content (AvgIpc) is 3.19. The number of nitrogens with one attached hydrogen (secondary N) is 3. The fraction of sp³-hybridized carbons (Fsp3) is 0.273. The van der Waals surface area contributed by atoms with Crippen molar-refractivity contribution in [3.63, 3.8) is 0 Å². The molecule has 30 heavy (non-hydrogen) atoms. The third-order valence-electron chi connectivity index (χ3n) is 4.44. The molecule has 0 saturated heterocycles. The van der Waals surface area contributed by atoms with E-state index in [0.29, 0.717) is 32.0 Å². The minimum absolute atomic E-state index is 0. The number of carbonyl (C=O) groups excluding carboxylic acids is 1. The van der Waals surface area contributed by atoms with E-state index in [-0.39, 0.29) is 29.9 Å². The molecule has 1 heterocycles. The monoisotopic (exact) mass is 538 g/mol. The predicted octanol–water partition coefficient (Wildman–Crippen LogP) is 3.42. The van der Waals surface area contributed by atoms with Crippen LogP contribution in [0.15, 0.2) is 65.7 Å². The summed E-state index contributed by atoms with van der Waals surface area (Å²) in [7, 11) is 1.66. The van der Waals surface area contributed by atoms with Gasteiger partial charge in [-0.2, -0.15) is 0 Å². The van der Waals surface area contributed by atoms with Crippen LogP contribution in [0.2, 0.25) is 0 Å². The summed E-state index contributed by atoms with van der Waals surface area (Å²) < 4.78 is 1.16. The first kappa shape index (κ1) is 24.1. The van der Waals surface area contributed by atoms with E-state index in [1.807, 2.05) is 60.7 Å². The highest BCUT2D eigenvalue weighted by molar-refractivity contribution is 14.0. The Bertz CT molecular complexity index is 929. The molecule has 1 aromatic heterocycles. The van der Waals surface area contributed by atoms with Crippen molar-refractivity contribution in [2.45, 2.75) is 19.1 Å². The SMILES string of the molecule is CN=C(NCCC(=O)NCc1ccccc1)NCC(O)c1cc2ccccc2s1.I. The number of amides is 1. The van der Waals surface area contributed by atoms with Gasteiger partial charge in [-0.15, -0.1) is 35.3 Å². The standard InChI is InChI=1S/C22H26N4O2S.HI/c1-23-22(24-12-11-21(28)25-14-16-7-3-2-4-8-16)26-15-18(27)20-13-17-9-5-6-10-19(17)29-20;/h2-10,13,18,27H,11-12,14-15H2,1H3,(H,25,28)(H2,23,24,26);1H. The maximum absolute atomic E-state index is 12.0. The van der Waals surface area contributed by atoms with Gasteiger partial charge in [-0.05, 0) is 23.1 Å². The lowest BCUT2D eigenvalue weighted by Gasteiger charge is -2.14. The normalized spacial score (nSPS) is 12.1. The molecule has 6 nitrogen and oxygen atoms in total. The van der Waals surface area contributed by atoms with Crippen LogP contribution in [0.3, 0.4) is 0 Å². The first-order valence-corrected chi connectivity index (χ1v) is 10.4. The lowest BCUT2D eigenvalue weighted by Crippen LogP contribution is -2.40. The Labute approximate surface area is 197 Å². The Morgan fingerprint density at radius 2 is 1.80 bits per heavy atom. The van der Waals surface area contributed by atoms with Crippen LogP contribution in [0.4, 0.5) is 0 Å². The number of fused-ring (bicyclic) bond motifs is 1. The number of halogens is 1. The maximum atomic E-state index is 12.0. The van der Waals surface area contributed by atoms with E-state index in [0.717, 1.165) is 20.5 Å². The number of benzene rings is 2. The third-order valence-corrected chi connectivity index (χ3v) is 5.65. The number of guanidine groups is 1. The van der Waals surface area contributed by atoms with Crippen LogP contribution in [-0.4, -0.2) is 37.1 Å². The smallest absolute Gasteiger partial charge is 0.222 e. The first-order valence-electron chi connectivity index (χ1n) is 9.57. The Morgan fingerprint density at radius 1 is 1.07 bits per heavy atom. The minimum Gasteiger partial charge on any atom is -0.386 e. The topological polar surface area (TPSA) is 85.8 Å². The second-order valence-corrected chi connectivity index (χ2v) is 7.71. The zero-order valence-corrected chi connectivity index (χ0v) is 19.9. The van der Waals surface area contributed by atoms with Gasteiger partial charge < -0.3 is 21.1 Å². The van der Waals surface area contributed by atoms with Crippen LogP contribution in [-0.2, 0) is 11.3 Å². The Balaban J connectivity index is 0.00000320. The number of rotatable bonds is 8. The largest absolute Gasteiger partial charge is 0.386 e. The van der Waals surface area contributed by atoms with Crippen LogP contribution >= 0.6 is 35.3 Å². The van der Waals surface area contributed by atoms with E-state index in [2.05, 4.69) is 20.9 Å². The van der Waals surface area contributed by atoms with Crippen LogP contribution in [0.25, 0.3) is 10.1 Å². The van der Waals surface area contributed by atoms with E-state index in [9.17, 15) is 9.90 Å². The van der Waals surface area contributed by atoms with Crippen molar-refractivity contribution in [2.75, 3.05) is 20.1 Å². The fourth-order valence-corrected chi connectivity index (χ4v) is 3.91. The number of nitrogens with zero attached hydrogens (tertiary/aromatic N) is 1. The zero-order valence-electron chi connectivity index (χ0n) is 16.8. The molecule has 4 N–H and O–H groups in total. The van der Waals surface area contributed by atoms with Crippen LogP contribution < -0.4 is 16.0 Å². The molecule has 0 radical (unpaired) electrons. The van der Waals surface area contributed by atoms with E-state index in [1.54, 1.807) is 18.4 Å². The molecule has 1 amide bonds. The number of hydrogen-bond acceptors (Lipinski definition) is 4. The molecule has 0 aliphatic rings. The molecular formula is C22H27IN4O2S. The number of thiophene rings is 1. The van der Waals surface area contributed by atoms with Crippen molar-refractivity contribution < 1.29 is 9.90 Å². The third kappa shape index (κ3) is 7.26. The lowest BCUT2D eigenvalue weighted by atomic mass is 10.2. The Morgan fingerprint density at radius 3 is 2.53 bits per heavy atom. The number of aliphatic hydroxyl groups excluding tert-OH is 1. The summed E-state index contributed by atoms with van der Waals surface area (Å²) in [5, 5.41) is 20.7. The summed E-state index contributed by atoms with van der Waals surface area (Å²) in [5.41, 5.74) is 1.07. The van der Waals surface area contributed by atoms with E-state index in [4.69, 9.17) is 0 Å². The lowest BCUT2D eigenvalue weighted by molar-refractivity contribution is -0.121. The van der Waals surface area contributed by atoms with Gasteiger partial charge in [0, 0.05) is 42.7 Å². The Kier molecular flexibility index (Phi) is 10.0. The minimum atomic E-state index is -0.625. The molecule has 3 aromatic rings. The highest BCUT2D eigenvalue weighted by Gasteiger charge is 2.12. The van der Waals surface area contributed by atoms with E-state index < -0.39 is 6.10 Å². The molecule has 160 valence electrons. The molecule has 1 unspecified atom stereocenters. The summed E-state index contributed by atoms with van der Waals surface area (Å²) in [6.07, 6.45) is -0.285. The number of carbonyl (C=O) groups is 1. The van der Waals surface area contributed by atoms with Crippen molar-refractivity contribution in [2.24, 2.45) is 4.99 Å². The molecule has 0 saturated carbocycles. The predicted molar refractivity (Wildman–Crippen MR) is 134 cm³/mol. The van der Waals surface area contributed by atoms with Crippen LogP contribution in [0.1, 0.15) is 23.0 Å². The highest BCUT2D eigenvalue weighted by atomic mass is 127. The number of aliphatic imine (C=N–C) groups is 1. The molecule has 0 aliphatic carbocycles. The van der Waals surface area contributed by atoms with Gasteiger partial charge in [0.2, 0.25) is 5.91 Å². The molecule has 0 spiro atoms. The van der Waals surface area contributed by atoms with Gasteiger partial charge in [0.1, 0.15) is 6.10 Å². The molecule has 2 aromatic carbocycles. The summed E-state index contributed by atoms with van der Waals surface area (Å²) >= 11 is 1.59. The van der Waals surface area contributed by atoms with Gasteiger partial charge in [-0.1, -0.05) is 48.5 Å². The van der Waals surface area contributed by atoms with E-state index in [1.165, 1.54) is 0 Å². The molecule has 0 bridgehead atoms. The van der Waals surface area contributed by atoms with Gasteiger partial charge in [0.15, 0.2) is 5.96 Å². The average molecular weight is 538 g/mol. The molecule has 1 atom stereocenters. The summed E-state index contributed by atoms with van der Waals surface area (Å²) in [6.45, 7) is 1.32. The van der Waals surface area contributed by atoms with Gasteiger partial charge in [0.05, 0.1) is 0 Å². The van der Waals surface area contributed by atoms with Crippen LogP contribution in [0, 0.1) is 0 Å². The first-order chi connectivity index (χ1) is 14.2. The number of aliphatic hydroxyl groups is 1. The molecule has 8 heteroatoms. The Hall–Kier alpha value is -2.17. The van der Waals surface area contributed by atoms with Gasteiger partial charge in [0.25, 0.3) is 0 Å². The van der Waals surface area contributed by atoms with Crippen molar-refractivity contribution in [1.29, 1.82) is 0 Å². The van der Waals surface area contributed by atoms with Crippen molar-refractivity contribution in [3.8, 4) is 0 Å². The second-order valence-electron chi connectivity index (χ2n) is 6.59. The summed E-state index contributed by atoms with van der Waals surface area (Å²) in [5.74, 6) is 0.531. The van der Waals surface area contributed by atoms with Crippen molar-refractivity contribution >= 4 is 57.3 Å². The summed E-state index contributed by atoms with van der Waals surface area (Å²) in [4.78, 5) is 17.0. The highest BCUT2D eigenvalue weighted by Crippen LogP contribution is 2.29.